The van der Waals surface area contributed by atoms with Crippen molar-refractivity contribution in [3.05, 3.63) is 54.1 Å². The van der Waals surface area contributed by atoms with Crippen molar-refractivity contribution in [2.75, 3.05) is 24.7 Å². The molecular weight excluding hydrogens is 396 g/mol. The molecule has 0 radical (unpaired) electrons. The predicted molar refractivity (Wildman–Crippen MR) is 111 cm³/mol. The van der Waals surface area contributed by atoms with Gasteiger partial charge in [-0.05, 0) is 31.5 Å². The third-order valence-corrected chi connectivity index (χ3v) is 6.96. The van der Waals surface area contributed by atoms with E-state index in [2.05, 4.69) is 4.90 Å². The van der Waals surface area contributed by atoms with Gasteiger partial charge in [0.15, 0.2) is 17.3 Å². The van der Waals surface area contributed by atoms with Gasteiger partial charge in [0.25, 0.3) is 0 Å². The first-order valence-corrected chi connectivity index (χ1v) is 10.8. The highest BCUT2D eigenvalue weighted by Crippen LogP contribution is 2.49. The molecule has 2 aromatic carbocycles. The fourth-order valence-electron chi connectivity index (χ4n) is 5.71. The van der Waals surface area contributed by atoms with Gasteiger partial charge in [0.2, 0.25) is 11.8 Å². The van der Waals surface area contributed by atoms with Gasteiger partial charge in [0, 0.05) is 17.7 Å². The molecule has 0 N–H and O–H groups in total. The Balaban J connectivity index is 1.39. The van der Waals surface area contributed by atoms with Crippen molar-refractivity contribution in [3.63, 3.8) is 0 Å². The fraction of sp³-hybridized carbons (Fsp3) is 0.375. The maximum absolute atomic E-state index is 13.6. The maximum atomic E-state index is 13.6. The molecule has 7 nitrogen and oxygen atoms in total. The molecule has 0 aliphatic carbocycles. The molecule has 3 fully saturated rings. The van der Waals surface area contributed by atoms with Gasteiger partial charge in [-0.25, -0.2) is 4.90 Å². The summed E-state index contributed by atoms with van der Waals surface area (Å²) in [4.78, 5) is 43.9. The summed E-state index contributed by atoms with van der Waals surface area (Å²) < 4.78 is 11.2. The van der Waals surface area contributed by atoms with Gasteiger partial charge < -0.3 is 9.47 Å². The van der Waals surface area contributed by atoms with Crippen LogP contribution in [0.2, 0.25) is 0 Å². The standard InChI is InChI=1S/C24H22N2O5/c27-22(14-5-2-1-3-6-14)21-20-19(16-7-4-10-25(16)21)23(28)26(24(20)29)15-8-9-17-18(13-15)31-12-11-30-17/h1-3,5-6,8-9,13,16,19-21H,4,7,10-12H2/t16-,19-,20-,21-/m1/s1. The number of ether oxygens (including phenoxy) is 2. The molecule has 4 aliphatic rings. The lowest BCUT2D eigenvalue weighted by atomic mass is 9.85. The summed E-state index contributed by atoms with van der Waals surface area (Å²) in [6.07, 6.45) is 1.76. The molecule has 0 bridgehead atoms. The molecule has 158 valence electrons. The van der Waals surface area contributed by atoms with E-state index in [0.29, 0.717) is 36.0 Å². The molecule has 4 heterocycles. The lowest BCUT2D eigenvalue weighted by Crippen LogP contribution is -2.46. The Morgan fingerprint density at radius 3 is 2.45 bits per heavy atom. The molecule has 0 saturated carbocycles. The highest BCUT2D eigenvalue weighted by atomic mass is 16.6. The fourth-order valence-corrected chi connectivity index (χ4v) is 5.71. The van der Waals surface area contributed by atoms with Crippen LogP contribution >= 0.6 is 0 Å². The first-order chi connectivity index (χ1) is 15.1. The second-order valence-electron chi connectivity index (χ2n) is 8.51. The number of ketones is 1. The van der Waals surface area contributed by atoms with E-state index < -0.39 is 17.9 Å². The van der Waals surface area contributed by atoms with Crippen LogP contribution in [0.15, 0.2) is 48.5 Å². The highest BCUT2D eigenvalue weighted by Gasteiger charge is 2.64. The molecule has 7 heteroatoms. The van der Waals surface area contributed by atoms with Crippen molar-refractivity contribution in [1.82, 2.24) is 4.90 Å². The molecule has 0 spiro atoms. The summed E-state index contributed by atoms with van der Waals surface area (Å²) in [5.41, 5.74) is 1.06. The number of imide groups is 1. The zero-order chi connectivity index (χ0) is 21.1. The SMILES string of the molecule is O=C(c1ccccc1)[C@H]1[C@@H]2C(=O)N(c3ccc4c(c3)OCCO4)C(=O)[C@@H]2[C@H]2CCCN21. The summed E-state index contributed by atoms with van der Waals surface area (Å²) in [6.45, 7) is 1.64. The second kappa shape index (κ2) is 6.92. The number of hydrogen-bond acceptors (Lipinski definition) is 6. The summed E-state index contributed by atoms with van der Waals surface area (Å²) in [6, 6.07) is 13.5. The van der Waals surface area contributed by atoms with E-state index in [9.17, 15) is 14.4 Å². The Bertz CT molecular complexity index is 1080. The first-order valence-electron chi connectivity index (χ1n) is 10.8. The second-order valence-corrected chi connectivity index (χ2v) is 8.51. The van der Waals surface area contributed by atoms with Gasteiger partial charge in [-0.1, -0.05) is 30.3 Å². The minimum absolute atomic E-state index is 0.0682. The zero-order valence-corrected chi connectivity index (χ0v) is 16.9. The number of amides is 2. The number of anilines is 1. The molecule has 0 unspecified atom stereocenters. The van der Waals surface area contributed by atoms with E-state index in [1.165, 1.54) is 4.90 Å². The average Bonchev–Trinajstić information content (AvgIpc) is 3.45. The Morgan fingerprint density at radius 2 is 1.65 bits per heavy atom. The molecule has 0 aromatic heterocycles. The van der Waals surface area contributed by atoms with Crippen LogP contribution in [-0.4, -0.2) is 54.3 Å². The molecule has 4 atom stereocenters. The summed E-state index contributed by atoms with van der Waals surface area (Å²) >= 11 is 0. The number of fused-ring (bicyclic) bond motifs is 4. The number of hydrogen-bond donors (Lipinski definition) is 0. The van der Waals surface area contributed by atoms with Crippen molar-refractivity contribution >= 4 is 23.3 Å². The number of rotatable bonds is 3. The molecular formula is C24H22N2O5. The smallest absolute Gasteiger partial charge is 0.239 e. The summed E-state index contributed by atoms with van der Waals surface area (Å²) in [7, 11) is 0. The molecule has 3 saturated heterocycles. The molecule has 4 aliphatic heterocycles. The predicted octanol–water partition coefficient (Wildman–Crippen LogP) is 2.29. The quantitative estimate of drug-likeness (QED) is 0.562. The van der Waals surface area contributed by atoms with E-state index in [4.69, 9.17) is 9.47 Å². The lowest BCUT2D eigenvalue weighted by molar-refractivity contribution is -0.123. The van der Waals surface area contributed by atoms with E-state index >= 15 is 0 Å². The van der Waals surface area contributed by atoms with E-state index in [0.717, 1.165) is 19.4 Å². The van der Waals surface area contributed by atoms with Gasteiger partial charge in [-0.15, -0.1) is 0 Å². The molecule has 2 aromatic rings. The number of nitrogens with zero attached hydrogens (tertiary/aromatic N) is 2. The number of benzene rings is 2. The first kappa shape index (κ1) is 18.6. The minimum atomic E-state index is -0.654. The zero-order valence-electron chi connectivity index (χ0n) is 16.9. The van der Waals surface area contributed by atoms with Gasteiger partial charge in [0.1, 0.15) is 13.2 Å². The van der Waals surface area contributed by atoms with Crippen LogP contribution in [0.5, 0.6) is 11.5 Å². The topological polar surface area (TPSA) is 76.1 Å². The van der Waals surface area contributed by atoms with Crippen molar-refractivity contribution < 1.29 is 23.9 Å². The van der Waals surface area contributed by atoms with Gasteiger partial charge in [0.05, 0.1) is 23.6 Å². The number of carbonyl (C=O) groups excluding carboxylic acids is 3. The van der Waals surface area contributed by atoms with Crippen molar-refractivity contribution in [1.29, 1.82) is 0 Å². The largest absolute Gasteiger partial charge is 0.486 e. The van der Waals surface area contributed by atoms with Gasteiger partial charge in [-0.2, -0.15) is 0 Å². The van der Waals surface area contributed by atoms with Crippen molar-refractivity contribution in [2.24, 2.45) is 11.8 Å². The third kappa shape index (κ3) is 2.66. The number of carbonyl (C=O) groups is 3. The van der Waals surface area contributed by atoms with Crippen LogP contribution in [-0.2, 0) is 9.59 Å². The molecule has 2 amide bonds. The maximum Gasteiger partial charge on any atom is 0.239 e. The third-order valence-electron chi connectivity index (χ3n) is 6.96. The van der Waals surface area contributed by atoms with Crippen LogP contribution in [0.1, 0.15) is 23.2 Å². The highest BCUT2D eigenvalue weighted by molar-refractivity contribution is 6.24. The monoisotopic (exact) mass is 418 g/mol. The average molecular weight is 418 g/mol. The van der Waals surface area contributed by atoms with Crippen LogP contribution in [0, 0.1) is 11.8 Å². The van der Waals surface area contributed by atoms with E-state index in [1.807, 2.05) is 18.2 Å². The van der Waals surface area contributed by atoms with Crippen LogP contribution in [0.25, 0.3) is 0 Å². The molecule has 31 heavy (non-hydrogen) atoms. The van der Waals surface area contributed by atoms with Crippen LogP contribution < -0.4 is 14.4 Å². The van der Waals surface area contributed by atoms with Crippen molar-refractivity contribution in [3.8, 4) is 11.5 Å². The van der Waals surface area contributed by atoms with Crippen LogP contribution in [0.4, 0.5) is 5.69 Å². The Hall–Kier alpha value is -3.19. The summed E-state index contributed by atoms with van der Waals surface area (Å²) in [5.74, 6) is -0.596. The van der Waals surface area contributed by atoms with Gasteiger partial charge in [-0.3, -0.25) is 19.3 Å². The van der Waals surface area contributed by atoms with Crippen molar-refractivity contribution in [2.45, 2.75) is 24.9 Å². The van der Waals surface area contributed by atoms with E-state index in [1.54, 1.807) is 30.3 Å². The Morgan fingerprint density at radius 1 is 0.903 bits per heavy atom. The normalized spacial score (nSPS) is 29.2. The minimum Gasteiger partial charge on any atom is -0.486 e. The molecule has 6 rings (SSSR count). The number of Topliss-reactive ketones (excluding diaryl/α,β-unsaturated/α-hetero) is 1. The van der Waals surface area contributed by atoms with Crippen LogP contribution in [0.3, 0.4) is 0 Å². The Kier molecular flexibility index (Phi) is 4.14. The van der Waals surface area contributed by atoms with Gasteiger partial charge >= 0.3 is 0 Å². The lowest BCUT2D eigenvalue weighted by Gasteiger charge is -2.28. The Labute approximate surface area is 179 Å². The summed E-state index contributed by atoms with van der Waals surface area (Å²) in [5, 5.41) is 0. The van der Waals surface area contributed by atoms with E-state index in [-0.39, 0.29) is 23.6 Å².